The molecule has 0 saturated carbocycles. The topological polar surface area (TPSA) is 44.1 Å². The van der Waals surface area contributed by atoms with Crippen LogP contribution < -0.4 is 0 Å². The van der Waals surface area contributed by atoms with Crippen molar-refractivity contribution < 1.29 is 4.79 Å². The number of halogens is 2. The van der Waals surface area contributed by atoms with Gasteiger partial charge in [0.1, 0.15) is 11.6 Å². The standard InChI is InChI=1S/C12H10Cl2N2O/c1-16(2)7-8(6-15)12(17)10-4-3-9(13)5-11(10)14/h3-5,7H,1-2H3/b8-7-. The molecule has 0 aliphatic carbocycles. The number of carbonyl (C=O) groups excluding carboxylic acids is 1. The fourth-order valence-electron chi connectivity index (χ4n) is 1.22. The predicted molar refractivity (Wildman–Crippen MR) is 68.2 cm³/mol. The van der Waals surface area contributed by atoms with Crippen molar-refractivity contribution in [2.75, 3.05) is 14.1 Å². The Morgan fingerprint density at radius 3 is 2.53 bits per heavy atom. The molecule has 3 nitrogen and oxygen atoms in total. The third kappa shape index (κ3) is 3.48. The van der Waals surface area contributed by atoms with Gasteiger partial charge in [0.05, 0.1) is 5.02 Å². The summed E-state index contributed by atoms with van der Waals surface area (Å²) in [6.45, 7) is 0. The number of allylic oxidation sites excluding steroid dienone is 1. The molecule has 5 heteroatoms. The zero-order valence-electron chi connectivity index (χ0n) is 9.37. The van der Waals surface area contributed by atoms with Crippen molar-refractivity contribution in [1.29, 1.82) is 5.26 Å². The minimum atomic E-state index is -0.414. The molecule has 0 radical (unpaired) electrons. The number of Topliss-reactive ketones (excluding diaryl/α,β-unsaturated/α-hetero) is 1. The second-order valence-corrected chi connectivity index (χ2v) is 4.42. The van der Waals surface area contributed by atoms with Crippen molar-refractivity contribution in [1.82, 2.24) is 4.90 Å². The van der Waals surface area contributed by atoms with Crippen molar-refractivity contribution in [3.05, 3.63) is 45.6 Å². The molecule has 0 atom stereocenters. The number of hydrogen-bond acceptors (Lipinski definition) is 3. The van der Waals surface area contributed by atoms with Gasteiger partial charge in [0.15, 0.2) is 0 Å². The maximum Gasteiger partial charge on any atom is 0.206 e. The van der Waals surface area contributed by atoms with Gasteiger partial charge in [0, 0.05) is 30.9 Å². The van der Waals surface area contributed by atoms with Crippen LogP contribution in [0.4, 0.5) is 0 Å². The van der Waals surface area contributed by atoms with Gasteiger partial charge < -0.3 is 4.90 Å². The molecule has 1 aromatic carbocycles. The molecule has 0 bridgehead atoms. The number of nitrogens with zero attached hydrogens (tertiary/aromatic N) is 2. The SMILES string of the molecule is CN(C)/C=C(/C#N)C(=O)c1ccc(Cl)cc1Cl. The van der Waals surface area contributed by atoms with E-state index in [2.05, 4.69) is 0 Å². The normalized spacial score (nSPS) is 10.9. The number of hydrogen-bond donors (Lipinski definition) is 0. The summed E-state index contributed by atoms with van der Waals surface area (Å²) in [5, 5.41) is 9.60. The van der Waals surface area contributed by atoms with E-state index in [0.29, 0.717) is 5.02 Å². The van der Waals surface area contributed by atoms with E-state index in [4.69, 9.17) is 28.5 Å². The quantitative estimate of drug-likeness (QED) is 0.481. The molecule has 0 aromatic heterocycles. The van der Waals surface area contributed by atoms with Gasteiger partial charge >= 0.3 is 0 Å². The summed E-state index contributed by atoms with van der Waals surface area (Å²) in [6, 6.07) is 6.39. The van der Waals surface area contributed by atoms with Crippen LogP contribution in [-0.2, 0) is 0 Å². The van der Waals surface area contributed by atoms with Gasteiger partial charge in [-0.1, -0.05) is 23.2 Å². The molecule has 0 heterocycles. The molecule has 0 saturated heterocycles. The van der Waals surface area contributed by atoms with Gasteiger partial charge in [-0.3, -0.25) is 4.79 Å². The van der Waals surface area contributed by atoms with Crippen LogP contribution in [0.3, 0.4) is 0 Å². The molecule has 1 rings (SSSR count). The molecule has 0 unspecified atom stereocenters. The number of rotatable bonds is 3. The fourth-order valence-corrected chi connectivity index (χ4v) is 1.71. The van der Waals surface area contributed by atoms with Crippen LogP contribution in [-0.4, -0.2) is 24.8 Å². The number of carbonyl (C=O) groups is 1. The second kappa shape index (κ2) is 5.72. The molecular formula is C12H10Cl2N2O. The minimum Gasteiger partial charge on any atom is -0.382 e. The lowest BCUT2D eigenvalue weighted by atomic mass is 10.1. The molecule has 1 aromatic rings. The highest BCUT2D eigenvalue weighted by atomic mass is 35.5. The van der Waals surface area contributed by atoms with Gasteiger partial charge in [-0.25, -0.2) is 0 Å². The van der Waals surface area contributed by atoms with Gasteiger partial charge in [0.2, 0.25) is 5.78 Å². The lowest BCUT2D eigenvalue weighted by Gasteiger charge is -2.07. The molecule has 0 aliphatic rings. The summed E-state index contributed by atoms with van der Waals surface area (Å²) >= 11 is 11.6. The lowest BCUT2D eigenvalue weighted by molar-refractivity contribution is 0.103. The smallest absolute Gasteiger partial charge is 0.206 e. The van der Waals surface area contributed by atoms with E-state index in [1.165, 1.54) is 18.3 Å². The van der Waals surface area contributed by atoms with E-state index in [0.717, 1.165) is 0 Å². The Morgan fingerprint density at radius 2 is 2.06 bits per heavy atom. The van der Waals surface area contributed by atoms with Gasteiger partial charge in [-0.15, -0.1) is 0 Å². The Balaban J connectivity index is 3.17. The molecule has 88 valence electrons. The summed E-state index contributed by atoms with van der Waals surface area (Å²) in [5.74, 6) is -0.414. The highest BCUT2D eigenvalue weighted by Gasteiger charge is 2.15. The van der Waals surface area contributed by atoms with E-state index in [1.54, 1.807) is 25.1 Å². The van der Waals surface area contributed by atoms with Crippen molar-refractivity contribution in [3.63, 3.8) is 0 Å². The van der Waals surface area contributed by atoms with Crippen LogP contribution in [0.1, 0.15) is 10.4 Å². The van der Waals surface area contributed by atoms with Crippen molar-refractivity contribution >= 4 is 29.0 Å². The molecule has 0 spiro atoms. The first-order valence-electron chi connectivity index (χ1n) is 4.74. The summed E-state index contributed by atoms with van der Waals surface area (Å²) in [7, 11) is 3.46. The van der Waals surface area contributed by atoms with E-state index in [-0.39, 0.29) is 16.2 Å². The molecule has 17 heavy (non-hydrogen) atoms. The maximum absolute atomic E-state index is 12.0. The highest BCUT2D eigenvalue weighted by molar-refractivity contribution is 6.37. The highest BCUT2D eigenvalue weighted by Crippen LogP contribution is 2.23. The Labute approximate surface area is 110 Å². The van der Waals surface area contributed by atoms with Crippen molar-refractivity contribution in [3.8, 4) is 6.07 Å². The van der Waals surface area contributed by atoms with Crippen LogP contribution in [0.5, 0.6) is 0 Å². The fraction of sp³-hybridized carbons (Fsp3) is 0.167. The van der Waals surface area contributed by atoms with Gasteiger partial charge in [0.25, 0.3) is 0 Å². The maximum atomic E-state index is 12.0. The van der Waals surface area contributed by atoms with Crippen LogP contribution in [0.2, 0.25) is 10.0 Å². The number of benzene rings is 1. The summed E-state index contributed by atoms with van der Waals surface area (Å²) < 4.78 is 0. The zero-order chi connectivity index (χ0) is 13.0. The lowest BCUT2D eigenvalue weighted by Crippen LogP contribution is -2.09. The third-order valence-corrected chi connectivity index (χ3v) is 2.48. The van der Waals surface area contributed by atoms with Crippen LogP contribution in [0.25, 0.3) is 0 Å². The van der Waals surface area contributed by atoms with Gasteiger partial charge in [-0.2, -0.15) is 5.26 Å². The summed E-state index contributed by atoms with van der Waals surface area (Å²) in [4.78, 5) is 13.6. The third-order valence-electron chi connectivity index (χ3n) is 1.93. The Morgan fingerprint density at radius 1 is 1.41 bits per heavy atom. The first-order valence-corrected chi connectivity index (χ1v) is 5.49. The van der Waals surface area contributed by atoms with E-state index < -0.39 is 5.78 Å². The Bertz CT molecular complexity index is 516. The molecular weight excluding hydrogens is 259 g/mol. The molecule has 0 fully saturated rings. The first kappa shape index (κ1) is 13.6. The Kier molecular flexibility index (Phi) is 4.56. The average Bonchev–Trinajstić information content (AvgIpc) is 2.24. The predicted octanol–water partition coefficient (Wildman–Crippen LogP) is 3.15. The van der Waals surface area contributed by atoms with Gasteiger partial charge in [-0.05, 0) is 18.2 Å². The van der Waals surface area contributed by atoms with E-state index >= 15 is 0 Å². The summed E-state index contributed by atoms with van der Waals surface area (Å²) in [5.41, 5.74) is 0.296. The molecule has 0 aliphatic heterocycles. The summed E-state index contributed by atoms with van der Waals surface area (Å²) in [6.07, 6.45) is 1.45. The average molecular weight is 269 g/mol. The van der Waals surface area contributed by atoms with E-state index in [9.17, 15) is 4.79 Å². The number of nitriles is 1. The molecule has 0 N–H and O–H groups in total. The largest absolute Gasteiger partial charge is 0.382 e. The monoisotopic (exact) mass is 268 g/mol. The zero-order valence-corrected chi connectivity index (χ0v) is 10.9. The van der Waals surface area contributed by atoms with E-state index in [1.807, 2.05) is 6.07 Å². The van der Waals surface area contributed by atoms with Crippen molar-refractivity contribution in [2.45, 2.75) is 0 Å². The van der Waals surface area contributed by atoms with Crippen molar-refractivity contribution in [2.24, 2.45) is 0 Å². The van der Waals surface area contributed by atoms with Crippen LogP contribution in [0.15, 0.2) is 30.0 Å². The number of ketones is 1. The Hall–Kier alpha value is -1.50. The van der Waals surface area contributed by atoms with Crippen LogP contribution in [0, 0.1) is 11.3 Å². The molecule has 0 amide bonds. The minimum absolute atomic E-state index is 0.0271. The second-order valence-electron chi connectivity index (χ2n) is 3.57. The van der Waals surface area contributed by atoms with Crippen LogP contribution >= 0.6 is 23.2 Å². The first-order chi connectivity index (χ1) is 7.95.